The number of rotatable bonds is 3. The molecule has 0 spiro atoms. The van der Waals surface area contributed by atoms with Crippen molar-refractivity contribution in [3.63, 3.8) is 0 Å². The molecule has 3 heteroatoms. The third kappa shape index (κ3) is 2.25. The molecule has 78 valence electrons. The molecule has 1 unspecified atom stereocenters. The Morgan fingerprint density at radius 1 is 1.29 bits per heavy atom. The number of aryl methyl sites for hydroxylation is 2. The molecule has 0 aliphatic carbocycles. The summed E-state index contributed by atoms with van der Waals surface area (Å²) in [5.74, 6) is 0.270. The normalized spacial score (nSPS) is 12.9. The standard InChI is InChI=1S/C11H17NO2/c1-7-6-11(14)8(2)5-9(7)10(13)3-4-12/h5-6,10,13-14H,3-4,12H2,1-2H3. The molecule has 14 heavy (non-hydrogen) atoms. The molecule has 0 radical (unpaired) electrons. The molecule has 1 aromatic rings. The second-order valence-electron chi connectivity index (χ2n) is 3.59. The first-order valence-corrected chi connectivity index (χ1v) is 4.74. The van der Waals surface area contributed by atoms with Gasteiger partial charge in [-0.1, -0.05) is 0 Å². The van der Waals surface area contributed by atoms with Gasteiger partial charge in [0.05, 0.1) is 6.10 Å². The zero-order valence-electron chi connectivity index (χ0n) is 8.62. The van der Waals surface area contributed by atoms with Crippen LogP contribution in [0.3, 0.4) is 0 Å². The molecule has 0 aliphatic rings. The average Bonchev–Trinajstić information content (AvgIpc) is 2.11. The van der Waals surface area contributed by atoms with Gasteiger partial charge in [-0.15, -0.1) is 0 Å². The second kappa shape index (κ2) is 4.44. The highest BCUT2D eigenvalue weighted by Crippen LogP contribution is 2.26. The summed E-state index contributed by atoms with van der Waals surface area (Å²) in [6.07, 6.45) is 0.0183. The molecule has 0 aromatic heterocycles. The van der Waals surface area contributed by atoms with Crippen LogP contribution >= 0.6 is 0 Å². The van der Waals surface area contributed by atoms with Crippen LogP contribution in [0.5, 0.6) is 5.75 Å². The number of hydrogen-bond donors (Lipinski definition) is 3. The van der Waals surface area contributed by atoms with Gasteiger partial charge in [-0.3, -0.25) is 0 Å². The predicted octanol–water partition coefficient (Wildman–Crippen LogP) is 1.39. The zero-order chi connectivity index (χ0) is 10.7. The fraction of sp³-hybridized carbons (Fsp3) is 0.455. The maximum absolute atomic E-state index is 9.76. The number of hydrogen-bond acceptors (Lipinski definition) is 3. The van der Waals surface area contributed by atoms with Crippen molar-refractivity contribution in [1.29, 1.82) is 0 Å². The van der Waals surface area contributed by atoms with Gasteiger partial charge < -0.3 is 15.9 Å². The number of aliphatic hydroxyl groups is 1. The average molecular weight is 195 g/mol. The van der Waals surface area contributed by atoms with E-state index in [0.717, 1.165) is 16.7 Å². The predicted molar refractivity (Wildman–Crippen MR) is 56.2 cm³/mol. The van der Waals surface area contributed by atoms with Crippen molar-refractivity contribution in [2.75, 3.05) is 6.54 Å². The molecular weight excluding hydrogens is 178 g/mol. The largest absolute Gasteiger partial charge is 0.508 e. The van der Waals surface area contributed by atoms with Crippen molar-refractivity contribution >= 4 is 0 Å². The molecule has 4 N–H and O–H groups in total. The smallest absolute Gasteiger partial charge is 0.118 e. The highest BCUT2D eigenvalue weighted by molar-refractivity contribution is 5.41. The molecule has 0 saturated carbocycles. The van der Waals surface area contributed by atoms with Crippen LogP contribution in [0.4, 0.5) is 0 Å². The van der Waals surface area contributed by atoms with E-state index in [1.165, 1.54) is 0 Å². The minimum absolute atomic E-state index is 0.270. The zero-order valence-corrected chi connectivity index (χ0v) is 8.62. The van der Waals surface area contributed by atoms with E-state index < -0.39 is 6.10 Å². The first kappa shape index (κ1) is 11.0. The summed E-state index contributed by atoms with van der Waals surface area (Å²) in [5, 5.41) is 19.2. The van der Waals surface area contributed by atoms with Crippen molar-refractivity contribution < 1.29 is 10.2 Å². The maximum Gasteiger partial charge on any atom is 0.118 e. The molecular formula is C11H17NO2. The lowest BCUT2D eigenvalue weighted by molar-refractivity contribution is 0.169. The van der Waals surface area contributed by atoms with E-state index in [4.69, 9.17) is 5.73 Å². The van der Waals surface area contributed by atoms with E-state index >= 15 is 0 Å². The molecule has 1 aromatic carbocycles. The molecule has 1 rings (SSSR count). The number of nitrogens with two attached hydrogens (primary N) is 1. The fourth-order valence-corrected chi connectivity index (χ4v) is 1.50. The molecule has 0 saturated heterocycles. The molecule has 0 aliphatic heterocycles. The summed E-state index contributed by atoms with van der Waals surface area (Å²) < 4.78 is 0. The first-order valence-electron chi connectivity index (χ1n) is 4.74. The lowest BCUT2D eigenvalue weighted by atomic mass is 9.98. The lowest BCUT2D eigenvalue weighted by Crippen LogP contribution is -2.08. The summed E-state index contributed by atoms with van der Waals surface area (Å²) in [7, 11) is 0. The summed E-state index contributed by atoms with van der Waals surface area (Å²) in [5.41, 5.74) is 7.90. The topological polar surface area (TPSA) is 66.5 Å². The Morgan fingerprint density at radius 3 is 2.50 bits per heavy atom. The minimum atomic E-state index is -0.528. The van der Waals surface area contributed by atoms with Crippen LogP contribution in [0.1, 0.15) is 29.2 Å². The molecule has 0 bridgehead atoms. The molecule has 0 amide bonds. The Kier molecular flexibility index (Phi) is 3.49. The summed E-state index contributed by atoms with van der Waals surface area (Å²) in [6.45, 7) is 4.14. The van der Waals surface area contributed by atoms with Crippen LogP contribution < -0.4 is 5.73 Å². The number of phenolic OH excluding ortho intramolecular Hbond substituents is 1. The highest BCUT2D eigenvalue weighted by Gasteiger charge is 2.11. The Bertz CT molecular complexity index is 323. The van der Waals surface area contributed by atoms with E-state index in [2.05, 4.69) is 0 Å². The van der Waals surface area contributed by atoms with Crippen molar-refractivity contribution in [3.8, 4) is 5.75 Å². The van der Waals surface area contributed by atoms with E-state index in [9.17, 15) is 10.2 Å². The van der Waals surface area contributed by atoms with Crippen LogP contribution in [0.25, 0.3) is 0 Å². The summed E-state index contributed by atoms with van der Waals surface area (Å²) >= 11 is 0. The monoisotopic (exact) mass is 195 g/mol. The minimum Gasteiger partial charge on any atom is -0.508 e. The highest BCUT2D eigenvalue weighted by atomic mass is 16.3. The van der Waals surface area contributed by atoms with Crippen LogP contribution in [-0.2, 0) is 0 Å². The van der Waals surface area contributed by atoms with Gasteiger partial charge in [0.25, 0.3) is 0 Å². The fourth-order valence-electron chi connectivity index (χ4n) is 1.50. The lowest BCUT2D eigenvalue weighted by Gasteiger charge is -2.14. The van der Waals surface area contributed by atoms with Crippen molar-refractivity contribution in [2.24, 2.45) is 5.73 Å². The van der Waals surface area contributed by atoms with Crippen LogP contribution in [0, 0.1) is 13.8 Å². The Labute approximate surface area is 84.2 Å². The van der Waals surface area contributed by atoms with Gasteiger partial charge in [-0.2, -0.15) is 0 Å². The summed E-state index contributed by atoms with van der Waals surface area (Å²) in [6, 6.07) is 3.48. The van der Waals surface area contributed by atoms with Gasteiger partial charge >= 0.3 is 0 Å². The molecule has 3 nitrogen and oxygen atoms in total. The van der Waals surface area contributed by atoms with Gasteiger partial charge in [0.2, 0.25) is 0 Å². The van der Waals surface area contributed by atoms with E-state index in [-0.39, 0.29) is 5.75 Å². The number of aromatic hydroxyl groups is 1. The van der Waals surface area contributed by atoms with Gasteiger partial charge in [0.15, 0.2) is 0 Å². The van der Waals surface area contributed by atoms with Gasteiger partial charge in [0, 0.05) is 0 Å². The maximum atomic E-state index is 9.76. The SMILES string of the molecule is Cc1cc(C(O)CCN)c(C)cc1O. The number of phenols is 1. The Balaban J connectivity index is 3.02. The van der Waals surface area contributed by atoms with Crippen LogP contribution in [0.15, 0.2) is 12.1 Å². The van der Waals surface area contributed by atoms with E-state index in [1.807, 2.05) is 19.9 Å². The number of aliphatic hydroxyl groups excluding tert-OH is 1. The Hall–Kier alpha value is -1.06. The third-order valence-corrected chi connectivity index (χ3v) is 2.38. The van der Waals surface area contributed by atoms with Gasteiger partial charge in [0.1, 0.15) is 5.75 Å². The van der Waals surface area contributed by atoms with E-state index in [1.54, 1.807) is 6.07 Å². The number of benzene rings is 1. The summed E-state index contributed by atoms with van der Waals surface area (Å²) in [4.78, 5) is 0. The van der Waals surface area contributed by atoms with E-state index in [0.29, 0.717) is 13.0 Å². The molecule has 0 heterocycles. The molecule has 0 fully saturated rings. The molecule has 1 atom stereocenters. The quantitative estimate of drug-likeness (QED) is 0.682. The Morgan fingerprint density at radius 2 is 1.93 bits per heavy atom. The van der Waals surface area contributed by atoms with Gasteiger partial charge in [-0.05, 0) is 55.6 Å². The van der Waals surface area contributed by atoms with Crippen molar-refractivity contribution in [1.82, 2.24) is 0 Å². The van der Waals surface area contributed by atoms with Gasteiger partial charge in [-0.25, -0.2) is 0 Å². The van der Waals surface area contributed by atoms with Crippen molar-refractivity contribution in [3.05, 3.63) is 28.8 Å². The van der Waals surface area contributed by atoms with Crippen LogP contribution in [0.2, 0.25) is 0 Å². The second-order valence-corrected chi connectivity index (χ2v) is 3.59. The van der Waals surface area contributed by atoms with Crippen LogP contribution in [-0.4, -0.2) is 16.8 Å². The third-order valence-electron chi connectivity index (χ3n) is 2.38. The first-order chi connectivity index (χ1) is 6.56. The van der Waals surface area contributed by atoms with Crippen molar-refractivity contribution in [2.45, 2.75) is 26.4 Å².